The van der Waals surface area contributed by atoms with E-state index in [1.807, 2.05) is 30.3 Å². The van der Waals surface area contributed by atoms with Gasteiger partial charge < -0.3 is 15.8 Å². The highest BCUT2D eigenvalue weighted by Gasteiger charge is 2.26. The van der Waals surface area contributed by atoms with Crippen molar-refractivity contribution in [2.75, 3.05) is 25.0 Å². The van der Waals surface area contributed by atoms with E-state index in [0.717, 1.165) is 9.87 Å². The van der Waals surface area contributed by atoms with E-state index in [4.69, 9.17) is 10.5 Å². The first-order chi connectivity index (χ1) is 18.6. The zero-order chi connectivity index (χ0) is 28.3. The number of carbonyl (C=O) groups excluding carboxylic acids is 3. The van der Waals surface area contributed by atoms with Gasteiger partial charge in [0.05, 0.1) is 17.7 Å². The summed E-state index contributed by atoms with van der Waals surface area (Å²) < 4.78 is 33.1. The number of benzene rings is 3. The maximum Gasteiger partial charge on any atom is 0.255 e. The number of hydrazone groups is 1. The number of hydrogen-bond acceptors (Lipinski definition) is 7. The Morgan fingerprint density at radius 1 is 0.974 bits per heavy atom. The average molecular weight is 552 g/mol. The summed E-state index contributed by atoms with van der Waals surface area (Å²) in [6.07, 6.45) is 1.78. The number of nitrogens with one attached hydrogen (secondary N) is 2. The van der Waals surface area contributed by atoms with Crippen molar-refractivity contribution in [3.05, 3.63) is 90.0 Å². The fourth-order valence-electron chi connectivity index (χ4n) is 3.42. The molecule has 0 aliphatic rings. The highest BCUT2D eigenvalue weighted by molar-refractivity contribution is 7.89. The van der Waals surface area contributed by atoms with Crippen molar-refractivity contribution in [1.82, 2.24) is 9.73 Å². The van der Waals surface area contributed by atoms with Crippen LogP contribution in [0.15, 0.2) is 88.9 Å². The summed E-state index contributed by atoms with van der Waals surface area (Å²) >= 11 is 0. The van der Waals surface area contributed by atoms with Gasteiger partial charge in [0.2, 0.25) is 15.9 Å². The molecule has 0 spiro atoms. The van der Waals surface area contributed by atoms with Crippen molar-refractivity contribution in [3.63, 3.8) is 0 Å². The lowest BCUT2D eigenvalue weighted by Gasteiger charge is -2.21. The molecule has 0 radical (unpaired) electrons. The van der Waals surface area contributed by atoms with Gasteiger partial charge in [-0.15, -0.1) is 0 Å². The van der Waals surface area contributed by atoms with Crippen LogP contribution in [0.25, 0.3) is 0 Å². The molecule has 0 heterocycles. The van der Waals surface area contributed by atoms with Crippen molar-refractivity contribution < 1.29 is 27.5 Å². The molecule has 0 bridgehead atoms. The molecule has 0 aliphatic heterocycles. The van der Waals surface area contributed by atoms with Crippen LogP contribution in [0.4, 0.5) is 5.69 Å². The third-order valence-electron chi connectivity index (χ3n) is 5.29. The van der Waals surface area contributed by atoms with Crippen molar-refractivity contribution in [2.45, 2.75) is 18.2 Å². The van der Waals surface area contributed by atoms with Crippen LogP contribution < -0.4 is 21.2 Å². The van der Waals surface area contributed by atoms with E-state index in [1.54, 1.807) is 24.3 Å². The SMILES string of the molecule is CC(=O)Nc1ccc(S(=O)(=O)N(CCc2ccccc2)CC(=O)N/N=C\c2ccc(OCC(N)=O)cc2)cc1. The molecule has 39 heavy (non-hydrogen) atoms. The molecule has 0 aliphatic carbocycles. The molecule has 0 fully saturated rings. The van der Waals surface area contributed by atoms with Crippen LogP contribution >= 0.6 is 0 Å². The molecule has 3 aromatic carbocycles. The van der Waals surface area contributed by atoms with Gasteiger partial charge in [0.25, 0.3) is 11.8 Å². The maximum absolute atomic E-state index is 13.4. The third kappa shape index (κ3) is 9.36. The Kier molecular flexibility index (Phi) is 10.3. The van der Waals surface area contributed by atoms with Crippen LogP contribution in [0, 0.1) is 0 Å². The number of primary amides is 1. The number of sulfonamides is 1. The number of rotatable bonds is 13. The molecule has 0 saturated heterocycles. The van der Waals surface area contributed by atoms with E-state index in [1.165, 1.54) is 37.4 Å². The Hall–Kier alpha value is -4.55. The van der Waals surface area contributed by atoms with E-state index in [0.29, 0.717) is 23.4 Å². The molecule has 11 nitrogen and oxygen atoms in total. The molecular formula is C27H29N5O6S. The highest BCUT2D eigenvalue weighted by atomic mass is 32.2. The second-order valence-corrected chi connectivity index (χ2v) is 10.3. The third-order valence-corrected chi connectivity index (χ3v) is 7.15. The molecular weight excluding hydrogens is 522 g/mol. The zero-order valence-corrected chi connectivity index (χ0v) is 22.1. The average Bonchev–Trinajstić information content (AvgIpc) is 2.91. The van der Waals surface area contributed by atoms with Gasteiger partial charge in [0.1, 0.15) is 5.75 Å². The smallest absolute Gasteiger partial charge is 0.255 e. The van der Waals surface area contributed by atoms with Crippen molar-refractivity contribution in [3.8, 4) is 5.75 Å². The number of nitrogens with two attached hydrogens (primary N) is 1. The summed E-state index contributed by atoms with van der Waals surface area (Å²) in [5.41, 5.74) is 9.41. The van der Waals surface area contributed by atoms with Crippen molar-refractivity contribution in [1.29, 1.82) is 0 Å². The lowest BCUT2D eigenvalue weighted by Crippen LogP contribution is -2.40. The van der Waals surface area contributed by atoms with Gasteiger partial charge in [0, 0.05) is 19.2 Å². The first-order valence-corrected chi connectivity index (χ1v) is 13.3. The molecule has 3 amide bonds. The topological polar surface area (TPSA) is 160 Å². The predicted molar refractivity (Wildman–Crippen MR) is 147 cm³/mol. The summed E-state index contributed by atoms with van der Waals surface area (Å²) in [4.78, 5) is 34.7. The number of ether oxygens (including phenoxy) is 1. The fraction of sp³-hybridized carbons (Fsp3) is 0.185. The van der Waals surface area contributed by atoms with Gasteiger partial charge in [-0.2, -0.15) is 9.41 Å². The molecule has 3 rings (SSSR count). The van der Waals surface area contributed by atoms with Crippen LogP contribution in [-0.2, 0) is 30.8 Å². The number of hydrogen-bond donors (Lipinski definition) is 3. The maximum atomic E-state index is 13.4. The predicted octanol–water partition coefficient (Wildman–Crippen LogP) is 1.89. The summed E-state index contributed by atoms with van der Waals surface area (Å²) in [7, 11) is -4.04. The summed E-state index contributed by atoms with van der Waals surface area (Å²) in [6.45, 7) is 0.712. The molecule has 0 saturated carbocycles. The molecule has 0 aromatic heterocycles. The Morgan fingerprint density at radius 2 is 1.64 bits per heavy atom. The Balaban J connectivity index is 1.69. The van der Waals surface area contributed by atoms with Crippen LogP contribution in [0.1, 0.15) is 18.1 Å². The molecule has 0 atom stereocenters. The van der Waals surface area contributed by atoms with Crippen LogP contribution in [0.5, 0.6) is 5.75 Å². The first-order valence-electron chi connectivity index (χ1n) is 11.9. The minimum absolute atomic E-state index is 0.0143. The van der Waals surface area contributed by atoms with Crippen LogP contribution in [0.2, 0.25) is 0 Å². The molecule has 12 heteroatoms. The van der Waals surface area contributed by atoms with Gasteiger partial charge >= 0.3 is 0 Å². The summed E-state index contributed by atoms with van der Waals surface area (Å²) in [5, 5.41) is 6.50. The quantitative estimate of drug-likeness (QED) is 0.217. The Bertz CT molecular complexity index is 1410. The molecule has 204 valence electrons. The standard InChI is InChI=1S/C27H29N5O6S/c1-20(33)30-23-9-13-25(14-10-23)39(36,37)32(16-15-21-5-3-2-4-6-21)18-27(35)31-29-17-22-7-11-24(12-8-22)38-19-26(28)34/h2-14,17H,15-16,18-19H2,1H3,(H2,28,34)(H,30,33)(H,31,35)/b29-17-. The first kappa shape index (κ1) is 29.0. The lowest BCUT2D eigenvalue weighted by atomic mass is 10.1. The van der Waals surface area contributed by atoms with Crippen LogP contribution in [-0.4, -0.2) is 56.4 Å². The second kappa shape index (κ2) is 13.8. The minimum atomic E-state index is -4.04. The van der Waals surface area contributed by atoms with Gasteiger partial charge in [-0.1, -0.05) is 30.3 Å². The number of carbonyl (C=O) groups is 3. The van der Waals surface area contributed by atoms with Crippen molar-refractivity contribution in [2.24, 2.45) is 10.8 Å². The summed E-state index contributed by atoms with van der Waals surface area (Å²) in [6, 6.07) is 21.6. The van der Waals surface area contributed by atoms with Crippen LogP contribution in [0.3, 0.4) is 0 Å². The normalized spacial score (nSPS) is 11.3. The van der Waals surface area contributed by atoms with Gasteiger partial charge in [-0.3, -0.25) is 14.4 Å². The minimum Gasteiger partial charge on any atom is -0.484 e. The van der Waals surface area contributed by atoms with E-state index in [9.17, 15) is 22.8 Å². The van der Waals surface area contributed by atoms with E-state index in [2.05, 4.69) is 15.8 Å². The number of amides is 3. The highest BCUT2D eigenvalue weighted by Crippen LogP contribution is 2.19. The number of nitrogens with zero attached hydrogens (tertiary/aromatic N) is 2. The van der Waals surface area contributed by atoms with Gasteiger partial charge in [-0.05, 0) is 66.1 Å². The Labute approximate surface area is 226 Å². The van der Waals surface area contributed by atoms with Gasteiger partial charge in [0.15, 0.2) is 6.61 Å². The zero-order valence-electron chi connectivity index (χ0n) is 21.2. The van der Waals surface area contributed by atoms with Gasteiger partial charge in [-0.25, -0.2) is 13.8 Å². The molecule has 0 unspecified atom stereocenters. The van der Waals surface area contributed by atoms with Crippen molar-refractivity contribution >= 4 is 39.6 Å². The largest absolute Gasteiger partial charge is 0.484 e. The monoisotopic (exact) mass is 551 g/mol. The molecule has 3 aromatic rings. The Morgan fingerprint density at radius 3 is 2.26 bits per heavy atom. The molecule has 4 N–H and O–H groups in total. The van der Waals surface area contributed by atoms with E-state index >= 15 is 0 Å². The lowest BCUT2D eigenvalue weighted by molar-refractivity contribution is -0.121. The second-order valence-electron chi connectivity index (χ2n) is 8.40. The summed E-state index contributed by atoms with van der Waals surface area (Å²) in [5.74, 6) is -1.05. The fourth-order valence-corrected chi connectivity index (χ4v) is 4.82. The van der Waals surface area contributed by atoms with E-state index in [-0.39, 0.29) is 24.0 Å². The number of anilines is 1. The van der Waals surface area contributed by atoms with E-state index < -0.39 is 28.4 Å².